The van der Waals surface area contributed by atoms with Crippen molar-refractivity contribution in [2.75, 3.05) is 12.9 Å². The number of fused-ring (bicyclic) bond motifs is 1. The zero-order valence-corrected chi connectivity index (χ0v) is 11.6. The van der Waals surface area contributed by atoms with E-state index >= 15 is 0 Å². The summed E-state index contributed by atoms with van der Waals surface area (Å²) in [6.45, 7) is -0.174. The summed E-state index contributed by atoms with van der Waals surface area (Å²) < 4.78 is 1.51. The number of aliphatic hydroxyl groups excluding tert-OH is 3. The van der Waals surface area contributed by atoms with Crippen LogP contribution in [0, 0.1) is 5.92 Å². The topological polar surface area (TPSA) is 117 Å². The van der Waals surface area contributed by atoms with E-state index in [2.05, 4.69) is 20.3 Å². The van der Waals surface area contributed by atoms with Gasteiger partial charge in [-0.2, -0.15) is 0 Å². The fourth-order valence-corrected chi connectivity index (χ4v) is 3.12. The van der Waals surface area contributed by atoms with Gasteiger partial charge in [-0.3, -0.25) is 0 Å². The summed E-state index contributed by atoms with van der Waals surface area (Å²) >= 11 is 1.44. The molecule has 0 amide bonds. The predicted molar refractivity (Wildman–Crippen MR) is 71.1 cm³/mol. The van der Waals surface area contributed by atoms with E-state index in [0.717, 1.165) is 0 Å². The first-order chi connectivity index (χ1) is 9.67. The maximum Gasteiger partial charge on any atom is 0.183 e. The van der Waals surface area contributed by atoms with Gasteiger partial charge in [-0.05, 0) is 12.7 Å². The Balaban J connectivity index is 2.03. The molecule has 2 heterocycles. The van der Waals surface area contributed by atoms with Crippen molar-refractivity contribution in [2.45, 2.75) is 29.7 Å². The quantitative estimate of drug-likeness (QED) is 0.499. The Morgan fingerprint density at radius 3 is 2.80 bits per heavy atom. The molecule has 0 radical (unpaired) electrons. The van der Waals surface area contributed by atoms with Gasteiger partial charge >= 0.3 is 0 Å². The molecule has 0 saturated heterocycles. The molecule has 3 rings (SSSR count). The molecule has 0 aliphatic heterocycles. The van der Waals surface area contributed by atoms with Crippen molar-refractivity contribution in [3.8, 4) is 0 Å². The number of aromatic nitrogens is 5. The smallest absolute Gasteiger partial charge is 0.183 e. The minimum atomic E-state index is -0.996. The summed E-state index contributed by atoms with van der Waals surface area (Å²) in [4.78, 5) is 8.28. The van der Waals surface area contributed by atoms with Crippen molar-refractivity contribution >= 4 is 22.9 Å². The van der Waals surface area contributed by atoms with E-state index in [4.69, 9.17) is 0 Å². The maximum atomic E-state index is 10.1. The standard InChI is InChI=1S/C11H15N5O3S/c1-20-11-7-10(12-4-13-11)16(15-14-7)6-2-5(3-17)8(18)9(6)19/h4-6,8-9,17-19H,2-3H2,1H3. The van der Waals surface area contributed by atoms with Crippen LogP contribution in [-0.4, -0.2) is 65.4 Å². The van der Waals surface area contributed by atoms with E-state index in [1.165, 1.54) is 22.8 Å². The van der Waals surface area contributed by atoms with Crippen LogP contribution in [0.1, 0.15) is 12.5 Å². The zero-order chi connectivity index (χ0) is 14.3. The molecule has 20 heavy (non-hydrogen) atoms. The molecule has 108 valence electrons. The molecule has 8 nitrogen and oxygen atoms in total. The van der Waals surface area contributed by atoms with E-state index < -0.39 is 18.2 Å². The molecule has 1 aliphatic rings. The van der Waals surface area contributed by atoms with Crippen molar-refractivity contribution in [1.82, 2.24) is 25.0 Å². The van der Waals surface area contributed by atoms with Gasteiger partial charge in [-0.1, -0.05) is 5.21 Å². The van der Waals surface area contributed by atoms with Crippen molar-refractivity contribution in [1.29, 1.82) is 0 Å². The van der Waals surface area contributed by atoms with Gasteiger partial charge in [0, 0.05) is 12.5 Å². The second-order valence-corrected chi connectivity index (χ2v) is 5.61. The van der Waals surface area contributed by atoms with Crippen LogP contribution < -0.4 is 0 Å². The van der Waals surface area contributed by atoms with Crippen molar-refractivity contribution in [3.63, 3.8) is 0 Å². The SMILES string of the molecule is CSc1ncnc2c1nnn2C1CC(CO)C(O)C1O. The molecule has 4 atom stereocenters. The highest BCUT2D eigenvalue weighted by molar-refractivity contribution is 7.98. The Bertz CT molecular complexity index is 621. The van der Waals surface area contributed by atoms with Crippen LogP contribution in [-0.2, 0) is 0 Å². The monoisotopic (exact) mass is 297 g/mol. The number of nitrogens with zero attached hydrogens (tertiary/aromatic N) is 5. The van der Waals surface area contributed by atoms with Crippen molar-refractivity contribution < 1.29 is 15.3 Å². The average molecular weight is 297 g/mol. The van der Waals surface area contributed by atoms with Crippen LogP contribution in [0.25, 0.3) is 11.2 Å². The van der Waals surface area contributed by atoms with Gasteiger partial charge in [0.15, 0.2) is 11.2 Å². The highest BCUT2D eigenvalue weighted by Crippen LogP contribution is 2.36. The van der Waals surface area contributed by atoms with Crippen LogP contribution in [0.3, 0.4) is 0 Å². The molecule has 0 spiro atoms. The van der Waals surface area contributed by atoms with E-state index in [1.54, 1.807) is 0 Å². The first-order valence-corrected chi connectivity index (χ1v) is 7.46. The molecule has 9 heteroatoms. The number of rotatable bonds is 3. The summed E-state index contributed by atoms with van der Waals surface area (Å²) in [5, 5.41) is 38.0. The number of thioether (sulfide) groups is 1. The molecule has 4 unspecified atom stereocenters. The molecule has 1 aliphatic carbocycles. The van der Waals surface area contributed by atoms with Crippen molar-refractivity contribution in [2.24, 2.45) is 5.92 Å². The van der Waals surface area contributed by atoms with Gasteiger partial charge in [0.05, 0.1) is 12.1 Å². The number of aliphatic hydroxyl groups is 3. The highest BCUT2D eigenvalue weighted by Gasteiger charge is 2.43. The third-order valence-corrected chi connectivity index (χ3v) is 4.43. The zero-order valence-electron chi connectivity index (χ0n) is 10.8. The number of hydrogen-bond donors (Lipinski definition) is 3. The van der Waals surface area contributed by atoms with E-state index in [0.29, 0.717) is 22.6 Å². The molecule has 0 bridgehead atoms. The lowest BCUT2D eigenvalue weighted by atomic mass is 10.1. The molecular formula is C11H15N5O3S. The second kappa shape index (κ2) is 5.24. The molecule has 3 N–H and O–H groups in total. The Kier molecular flexibility index (Phi) is 3.59. The normalized spacial score (nSPS) is 30.2. The third-order valence-electron chi connectivity index (χ3n) is 3.74. The van der Waals surface area contributed by atoms with E-state index in [-0.39, 0.29) is 12.5 Å². The average Bonchev–Trinajstić information content (AvgIpc) is 3.01. The van der Waals surface area contributed by atoms with E-state index in [9.17, 15) is 15.3 Å². The Morgan fingerprint density at radius 1 is 1.35 bits per heavy atom. The molecule has 2 aromatic rings. The summed E-state index contributed by atoms with van der Waals surface area (Å²) in [6, 6.07) is -0.447. The molecule has 1 fully saturated rings. The fraction of sp³-hybridized carbons (Fsp3) is 0.636. The maximum absolute atomic E-state index is 10.1. The highest BCUT2D eigenvalue weighted by atomic mass is 32.2. The van der Waals surface area contributed by atoms with Gasteiger partial charge in [0.1, 0.15) is 17.5 Å². The molecule has 2 aromatic heterocycles. The van der Waals surface area contributed by atoms with Gasteiger partial charge in [0.25, 0.3) is 0 Å². The van der Waals surface area contributed by atoms with Crippen LogP contribution in [0.4, 0.5) is 0 Å². The lowest BCUT2D eigenvalue weighted by Crippen LogP contribution is -2.30. The van der Waals surface area contributed by atoms with Crippen LogP contribution >= 0.6 is 11.8 Å². The number of hydrogen-bond acceptors (Lipinski definition) is 8. The van der Waals surface area contributed by atoms with Crippen LogP contribution in [0.2, 0.25) is 0 Å². The van der Waals surface area contributed by atoms with Gasteiger partial charge in [-0.15, -0.1) is 16.9 Å². The van der Waals surface area contributed by atoms with Gasteiger partial charge < -0.3 is 15.3 Å². The Labute approximate surface area is 118 Å². The van der Waals surface area contributed by atoms with Crippen LogP contribution in [0.5, 0.6) is 0 Å². The fourth-order valence-electron chi connectivity index (χ4n) is 2.64. The summed E-state index contributed by atoms with van der Waals surface area (Å²) in [6.07, 6.45) is 1.78. The molecule has 1 saturated carbocycles. The first-order valence-electron chi connectivity index (χ1n) is 6.24. The van der Waals surface area contributed by atoms with Crippen LogP contribution in [0.15, 0.2) is 11.4 Å². The molecular weight excluding hydrogens is 282 g/mol. The minimum absolute atomic E-state index is 0.174. The summed E-state index contributed by atoms with van der Waals surface area (Å²) in [5.74, 6) is -0.365. The van der Waals surface area contributed by atoms with Gasteiger partial charge in [-0.25, -0.2) is 14.6 Å². The minimum Gasteiger partial charge on any atom is -0.396 e. The third kappa shape index (κ3) is 1.97. The summed E-state index contributed by atoms with van der Waals surface area (Å²) in [7, 11) is 0. The van der Waals surface area contributed by atoms with E-state index in [1.807, 2.05) is 6.26 Å². The Morgan fingerprint density at radius 2 is 2.15 bits per heavy atom. The lowest BCUT2D eigenvalue weighted by Gasteiger charge is -2.16. The molecule has 0 aromatic carbocycles. The second-order valence-electron chi connectivity index (χ2n) is 4.82. The van der Waals surface area contributed by atoms with Crippen molar-refractivity contribution in [3.05, 3.63) is 6.33 Å². The Hall–Kier alpha value is -1.29. The lowest BCUT2D eigenvalue weighted by molar-refractivity contribution is -0.00511. The predicted octanol–water partition coefficient (Wildman–Crippen LogP) is -0.782. The van der Waals surface area contributed by atoms with Gasteiger partial charge in [0.2, 0.25) is 0 Å². The first kappa shape index (κ1) is 13.7. The largest absolute Gasteiger partial charge is 0.396 e. The summed E-state index contributed by atoms with van der Waals surface area (Å²) in [5.41, 5.74) is 1.10.